The number of nitrogens with zero attached hydrogens (tertiary/aromatic N) is 5. The van der Waals surface area contributed by atoms with E-state index in [-0.39, 0.29) is 5.49 Å². The van der Waals surface area contributed by atoms with Crippen LogP contribution >= 0.6 is 27.5 Å². The van der Waals surface area contributed by atoms with Gasteiger partial charge in [0.15, 0.2) is 0 Å². The summed E-state index contributed by atoms with van der Waals surface area (Å²) in [5, 5.41) is 26.0. The lowest BCUT2D eigenvalue weighted by atomic mass is 10.2. The van der Waals surface area contributed by atoms with Crippen LogP contribution in [0.2, 0.25) is 5.02 Å². The quantitative estimate of drug-likeness (QED) is 0.393. The van der Waals surface area contributed by atoms with E-state index in [0.29, 0.717) is 21.2 Å². The van der Waals surface area contributed by atoms with E-state index >= 15 is 0 Å². The van der Waals surface area contributed by atoms with Gasteiger partial charge in [0.2, 0.25) is 0 Å². The van der Waals surface area contributed by atoms with Crippen molar-refractivity contribution in [1.82, 2.24) is 14.7 Å². The minimum absolute atomic E-state index is 0.290. The Labute approximate surface area is 154 Å². The molecule has 0 atom stereocenters. The van der Waals surface area contributed by atoms with Crippen molar-refractivity contribution >= 4 is 39.0 Å². The first-order chi connectivity index (χ1) is 11.9. The summed E-state index contributed by atoms with van der Waals surface area (Å²) in [6, 6.07) is 11.5. The maximum absolute atomic E-state index is 11.3. The number of benzene rings is 2. The molecule has 25 heavy (non-hydrogen) atoms. The fourth-order valence-electron chi connectivity index (χ4n) is 2.13. The highest BCUT2D eigenvalue weighted by atomic mass is 79.9. The Morgan fingerprint density at radius 3 is 2.56 bits per heavy atom. The Morgan fingerprint density at radius 1 is 1.28 bits per heavy atom. The van der Waals surface area contributed by atoms with Crippen LogP contribution in [0.3, 0.4) is 0 Å². The van der Waals surface area contributed by atoms with Crippen LogP contribution in [0.15, 0.2) is 51.9 Å². The maximum Gasteiger partial charge on any atom is 0.438 e. The Hall–Kier alpha value is -2.65. The molecule has 0 aliphatic rings. The Kier molecular flexibility index (Phi) is 4.60. The van der Waals surface area contributed by atoms with Crippen molar-refractivity contribution in [2.75, 3.05) is 0 Å². The van der Waals surface area contributed by atoms with Crippen molar-refractivity contribution in [2.24, 2.45) is 4.99 Å². The third-order valence-corrected chi connectivity index (χ3v) is 4.51. The first-order valence-electron chi connectivity index (χ1n) is 6.99. The van der Waals surface area contributed by atoms with E-state index in [4.69, 9.17) is 11.6 Å². The number of halogens is 2. The first kappa shape index (κ1) is 17.2. The summed E-state index contributed by atoms with van der Waals surface area (Å²) < 4.78 is 0.884. The standard InChI is InChI=1S/C15H11BrClN5O3/c1-9-8-11(4-7-13(9)16)18-14-15(22(24)25)19-20(21(14)23)12-5-2-10(17)3-6-12/h2-8,23H,1H3. The number of hydrogen-bond acceptors (Lipinski definition) is 5. The van der Waals surface area contributed by atoms with Crippen LogP contribution in [-0.2, 0) is 0 Å². The average molecular weight is 425 g/mol. The maximum atomic E-state index is 11.3. The van der Waals surface area contributed by atoms with E-state index in [1.165, 1.54) is 0 Å². The van der Waals surface area contributed by atoms with Gasteiger partial charge in [-0.1, -0.05) is 32.4 Å². The zero-order valence-electron chi connectivity index (χ0n) is 12.8. The third kappa shape index (κ3) is 3.42. The zero-order chi connectivity index (χ0) is 18.1. The molecule has 2 aromatic carbocycles. The van der Waals surface area contributed by atoms with Gasteiger partial charge in [-0.3, -0.25) is 0 Å². The summed E-state index contributed by atoms with van der Waals surface area (Å²) in [5.41, 5.74) is 1.45. The summed E-state index contributed by atoms with van der Waals surface area (Å²) in [6.45, 7) is 1.86. The molecule has 1 heterocycles. The molecule has 0 fully saturated rings. The lowest BCUT2D eigenvalue weighted by molar-refractivity contribution is -0.391. The molecule has 0 aliphatic heterocycles. The Bertz CT molecular complexity index is 1030. The number of nitro groups is 1. The highest BCUT2D eigenvalue weighted by Crippen LogP contribution is 2.22. The van der Waals surface area contributed by atoms with Crippen LogP contribution in [0.4, 0.5) is 11.5 Å². The smallest absolute Gasteiger partial charge is 0.409 e. The molecule has 0 unspecified atom stereocenters. The van der Waals surface area contributed by atoms with Crippen LogP contribution < -0.4 is 5.49 Å². The SMILES string of the molecule is Cc1cc(N=c2c([N+](=O)[O-])nn(-c3ccc(Cl)cc3)n2O)ccc1Br. The Balaban J connectivity index is 2.21. The molecular weight excluding hydrogens is 414 g/mol. The van der Waals surface area contributed by atoms with Gasteiger partial charge in [0.05, 0.1) is 10.8 Å². The summed E-state index contributed by atoms with van der Waals surface area (Å²) >= 11 is 9.21. The van der Waals surface area contributed by atoms with Gasteiger partial charge in [-0.05, 0) is 64.7 Å². The van der Waals surface area contributed by atoms with Gasteiger partial charge < -0.3 is 15.3 Å². The lowest BCUT2D eigenvalue weighted by Gasteiger charge is -2.00. The molecular formula is C15H11BrClN5O3. The highest BCUT2D eigenvalue weighted by molar-refractivity contribution is 9.10. The molecule has 3 aromatic rings. The van der Waals surface area contributed by atoms with Gasteiger partial charge in [-0.2, -0.15) is 0 Å². The summed E-state index contributed by atoms with van der Waals surface area (Å²) in [7, 11) is 0. The molecule has 128 valence electrons. The highest BCUT2D eigenvalue weighted by Gasteiger charge is 2.24. The van der Waals surface area contributed by atoms with Gasteiger partial charge in [0, 0.05) is 9.50 Å². The minimum atomic E-state index is -0.705. The second-order valence-electron chi connectivity index (χ2n) is 5.10. The van der Waals surface area contributed by atoms with Gasteiger partial charge in [0.25, 0.3) is 5.49 Å². The van der Waals surface area contributed by atoms with Crippen LogP contribution in [0.1, 0.15) is 5.56 Å². The third-order valence-electron chi connectivity index (χ3n) is 3.37. The Morgan fingerprint density at radius 2 is 1.96 bits per heavy atom. The predicted octanol–water partition coefficient (Wildman–Crippen LogP) is 3.78. The van der Waals surface area contributed by atoms with Gasteiger partial charge in [-0.15, -0.1) is 0 Å². The topological polar surface area (TPSA) is 98.5 Å². The van der Waals surface area contributed by atoms with Crippen LogP contribution in [0.5, 0.6) is 0 Å². The summed E-state index contributed by atoms with van der Waals surface area (Å²) in [5.74, 6) is -0.571. The minimum Gasteiger partial charge on any atom is -0.409 e. The van der Waals surface area contributed by atoms with E-state index < -0.39 is 10.7 Å². The molecule has 10 heteroatoms. The van der Waals surface area contributed by atoms with Crippen molar-refractivity contribution in [1.29, 1.82) is 0 Å². The molecule has 1 N–H and O–H groups in total. The average Bonchev–Trinajstić information content (AvgIpc) is 2.89. The second kappa shape index (κ2) is 6.69. The molecule has 0 saturated carbocycles. The van der Waals surface area contributed by atoms with Gasteiger partial charge >= 0.3 is 5.82 Å². The van der Waals surface area contributed by atoms with Crippen molar-refractivity contribution < 1.29 is 10.1 Å². The van der Waals surface area contributed by atoms with Crippen molar-refractivity contribution in [3.8, 4) is 5.69 Å². The van der Waals surface area contributed by atoms with Crippen molar-refractivity contribution in [3.05, 3.63) is 73.1 Å². The molecule has 0 radical (unpaired) electrons. The fraction of sp³-hybridized carbons (Fsp3) is 0.0667. The number of aryl methyl sites for hydroxylation is 1. The number of hydrogen-bond donors (Lipinski definition) is 1. The molecule has 0 amide bonds. The van der Waals surface area contributed by atoms with Crippen molar-refractivity contribution in [3.63, 3.8) is 0 Å². The molecule has 0 saturated heterocycles. The van der Waals surface area contributed by atoms with Crippen LogP contribution in [-0.4, -0.2) is 24.9 Å². The molecule has 0 spiro atoms. The van der Waals surface area contributed by atoms with E-state index in [1.807, 2.05) is 6.92 Å². The largest absolute Gasteiger partial charge is 0.438 e. The van der Waals surface area contributed by atoms with Gasteiger partial charge in [-0.25, -0.2) is 4.99 Å². The van der Waals surface area contributed by atoms with E-state index in [2.05, 4.69) is 26.0 Å². The van der Waals surface area contributed by atoms with E-state index in [9.17, 15) is 15.3 Å². The molecule has 8 nitrogen and oxygen atoms in total. The zero-order valence-corrected chi connectivity index (χ0v) is 15.1. The molecule has 3 rings (SSSR count). The number of aromatic nitrogens is 3. The van der Waals surface area contributed by atoms with Crippen LogP contribution in [0.25, 0.3) is 5.69 Å². The second-order valence-corrected chi connectivity index (χ2v) is 6.40. The first-order valence-corrected chi connectivity index (χ1v) is 8.17. The number of rotatable bonds is 3. The normalized spacial score (nSPS) is 11.7. The van der Waals surface area contributed by atoms with Gasteiger partial charge in [0.1, 0.15) is 5.69 Å². The van der Waals surface area contributed by atoms with E-state index in [1.54, 1.807) is 42.5 Å². The fourth-order valence-corrected chi connectivity index (χ4v) is 2.50. The summed E-state index contributed by atoms with van der Waals surface area (Å²) in [4.78, 5) is 16.3. The summed E-state index contributed by atoms with van der Waals surface area (Å²) in [6.07, 6.45) is 0. The predicted molar refractivity (Wildman–Crippen MR) is 94.5 cm³/mol. The van der Waals surface area contributed by atoms with Crippen molar-refractivity contribution in [2.45, 2.75) is 6.92 Å². The molecule has 1 aromatic heterocycles. The monoisotopic (exact) mass is 423 g/mol. The van der Waals surface area contributed by atoms with Crippen LogP contribution in [0, 0.1) is 17.0 Å². The molecule has 0 aliphatic carbocycles. The van der Waals surface area contributed by atoms with E-state index in [0.717, 1.165) is 14.8 Å². The molecule has 0 bridgehead atoms. The lowest BCUT2D eigenvalue weighted by Crippen LogP contribution is -2.22.